The number of rotatable bonds is 3. The molecule has 1 N–H and O–H groups in total. The van der Waals surface area contributed by atoms with E-state index < -0.39 is 6.10 Å². The SMILES string of the molecule is C=C(C)CC(O)c1ccc(Cl)cc1C. The summed E-state index contributed by atoms with van der Waals surface area (Å²) in [7, 11) is 0. The predicted octanol–water partition coefficient (Wildman–Crippen LogP) is 3.65. The maximum atomic E-state index is 9.86. The minimum absolute atomic E-state index is 0.468. The van der Waals surface area contributed by atoms with E-state index in [0.29, 0.717) is 11.4 Å². The molecule has 0 aliphatic heterocycles. The number of aliphatic hydroxyl groups excluding tert-OH is 1. The Kier molecular flexibility index (Phi) is 3.73. The van der Waals surface area contributed by atoms with Gasteiger partial charge in [0, 0.05) is 5.02 Å². The zero-order valence-electron chi connectivity index (χ0n) is 8.55. The summed E-state index contributed by atoms with van der Waals surface area (Å²) in [5, 5.41) is 10.6. The van der Waals surface area contributed by atoms with Gasteiger partial charge in [-0.05, 0) is 43.5 Å². The van der Waals surface area contributed by atoms with Crippen molar-refractivity contribution in [2.45, 2.75) is 26.4 Å². The van der Waals surface area contributed by atoms with Crippen LogP contribution in [0.1, 0.15) is 30.6 Å². The van der Waals surface area contributed by atoms with Gasteiger partial charge in [-0.15, -0.1) is 6.58 Å². The lowest BCUT2D eigenvalue weighted by Crippen LogP contribution is -2.00. The van der Waals surface area contributed by atoms with Gasteiger partial charge in [-0.3, -0.25) is 0 Å². The highest BCUT2D eigenvalue weighted by atomic mass is 35.5. The first-order chi connectivity index (χ1) is 6.50. The van der Waals surface area contributed by atoms with Crippen molar-refractivity contribution in [1.29, 1.82) is 0 Å². The van der Waals surface area contributed by atoms with Gasteiger partial charge in [0.25, 0.3) is 0 Å². The van der Waals surface area contributed by atoms with Crippen molar-refractivity contribution in [3.8, 4) is 0 Å². The fourth-order valence-corrected chi connectivity index (χ4v) is 1.68. The Morgan fingerprint density at radius 1 is 1.57 bits per heavy atom. The zero-order valence-corrected chi connectivity index (χ0v) is 9.30. The average Bonchev–Trinajstić information content (AvgIpc) is 2.01. The number of aryl methyl sites for hydroxylation is 1. The molecule has 0 bridgehead atoms. The monoisotopic (exact) mass is 210 g/mol. The summed E-state index contributed by atoms with van der Waals surface area (Å²) < 4.78 is 0. The Morgan fingerprint density at radius 2 is 2.21 bits per heavy atom. The molecule has 0 aliphatic rings. The van der Waals surface area contributed by atoms with Crippen LogP contribution in [0.3, 0.4) is 0 Å². The minimum Gasteiger partial charge on any atom is -0.388 e. The highest BCUT2D eigenvalue weighted by Gasteiger charge is 2.10. The van der Waals surface area contributed by atoms with Crippen molar-refractivity contribution in [3.05, 3.63) is 46.5 Å². The van der Waals surface area contributed by atoms with Crippen molar-refractivity contribution in [3.63, 3.8) is 0 Å². The van der Waals surface area contributed by atoms with E-state index >= 15 is 0 Å². The molecule has 0 amide bonds. The highest BCUT2D eigenvalue weighted by molar-refractivity contribution is 6.30. The smallest absolute Gasteiger partial charge is 0.0829 e. The molecule has 0 heterocycles. The fraction of sp³-hybridized carbons (Fsp3) is 0.333. The van der Waals surface area contributed by atoms with Crippen LogP contribution in [0.5, 0.6) is 0 Å². The lowest BCUT2D eigenvalue weighted by atomic mass is 9.99. The third-order valence-electron chi connectivity index (χ3n) is 2.13. The van der Waals surface area contributed by atoms with Crippen LogP contribution in [-0.4, -0.2) is 5.11 Å². The van der Waals surface area contributed by atoms with Crippen LogP contribution in [0.25, 0.3) is 0 Å². The molecule has 0 spiro atoms. The van der Waals surface area contributed by atoms with E-state index in [1.165, 1.54) is 0 Å². The molecule has 1 atom stereocenters. The zero-order chi connectivity index (χ0) is 10.7. The molecule has 2 heteroatoms. The Hall–Kier alpha value is -0.790. The van der Waals surface area contributed by atoms with Crippen molar-refractivity contribution in [2.24, 2.45) is 0 Å². The first-order valence-electron chi connectivity index (χ1n) is 4.59. The third kappa shape index (κ3) is 2.86. The summed E-state index contributed by atoms with van der Waals surface area (Å²) in [6, 6.07) is 5.52. The molecule has 0 saturated heterocycles. The molecule has 0 fully saturated rings. The second-order valence-electron chi connectivity index (χ2n) is 3.68. The fourth-order valence-electron chi connectivity index (χ4n) is 1.45. The maximum Gasteiger partial charge on any atom is 0.0829 e. The molecule has 1 aromatic rings. The van der Waals surface area contributed by atoms with Crippen LogP contribution in [0.4, 0.5) is 0 Å². The van der Waals surface area contributed by atoms with E-state index in [1.807, 2.05) is 26.0 Å². The van der Waals surface area contributed by atoms with Crippen molar-refractivity contribution < 1.29 is 5.11 Å². The van der Waals surface area contributed by atoms with E-state index in [2.05, 4.69) is 6.58 Å². The third-order valence-corrected chi connectivity index (χ3v) is 2.37. The lowest BCUT2D eigenvalue weighted by Gasteiger charge is -2.13. The summed E-state index contributed by atoms with van der Waals surface area (Å²) in [4.78, 5) is 0. The number of halogens is 1. The van der Waals surface area contributed by atoms with Gasteiger partial charge < -0.3 is 5.11 Å². The molecular formula is C12H15ClO. The van der Waals surface area contributed by atoms with Crippen LogP contribution < -0.4 is 0 Å². The molecule has 1 nitrogen and oxygen atoms in total. The van der Waals surface area contributed by atoms with E-state index in [1.54, 1.807) is 6.07 Å². The van der Waals surface area contributed by atoms with Crippen molar-refractivity contribution >= 4 is 11.6 Å². The second kappa shape index (κ2) is 4.63. The van der Waals surface area contributed by atoms with Gasteiger partial charge in [0.1, 0.15) is 0 Å². The number of hydrogen-bond acceptors (Lipinski definition) is 1. The normalized spacial score (nSPS) is 12.6. The molecular weight excluding hydrogens is 196 g/mol. The molecule has 1 rings (SSSR count). The Morgan fingerprint density at radius 3 is 2.71 bits per heavy atom. The molecule has 0 saturated carbocycles. The highest BCUT2D eigenvalue weighted by Crippen LogP contribution is 2.25. The number of benzene rings is 1. The van der Waals surface area contributed by atoms with Gasteiger partial charge in [-0.25, -0.2) is 0 Å². The largest absolute Gasteiger partial charge is 0.388 e. The maximum absolute atomic E-state index is 9.86. The van der Waals surface area contributed by atoms with Crippen molar-refractivity contribution in [1.82, 2.24) is 0 Å². The summed E-state index contributed by atoms with van der Waals surface area (Å²) in [5.74, 6) is 0. The summed E-state index contributed by atoms with van der Waals surface area (Å²) in [5.41, 5.74) is 2.93. The quantitative estimate of drug-likeness (QED) is 0.756. The van der Waals surface area contributed by atoms with E-state index in [4.69, 9.17) is 11.6 Å². The molecule has 0 aromatic heterocycles. The molecule has 0 aliphatic carbocycles. The summed E-state index contributed by atoms with van der Waals surface area (Å²) in [6.07, 6.45) is 0.132. The molecule has 1 unspecified atom stereocenters. The Balaban J connectivity index is 2.90. The first kappa shape index (κ1) is 11.3. The van der Waals surface area contributed by atoms with E-state index in [9.17, 15) is 5.11 Å². The van der Waals surface area contributed by atoms with E-state index in [0.717, 1.165) is 16.7 Å². The van der Waals surface area contributed by atoms with Gasteiger partial charge in [-0.2, -0.15) is 0 Å². The van der Waals surface area contributed by atoms with Gasteiger partial charge in [-0.1, -0.05) is 23.2 Å². The topological polar surface area (TPSA) is 20.2 Å². The van der Waals surface area contributed by atoms with Crippen LogP contribution in [0.2, 0.25) is 5.02 Å². The van der Waals surface area contributed by atoms with Crippen molar-refractivity contribution in [2.75, 3.05) is 0 Å². The van der Waals surface area contributed by atoms with Crippen LogP contribution >= 0.6 is 11.6 Å². The van der Waals surface area contributed by atoms with E-state index in [-0.39, 0.29) is 0 Å². The molecule has 76 valence electrons. The number of hydrogen-bond donors (Lipinski definition) is 1. The van der Waals surface area contributed by atoms with Gasteiger partial charge in [0.15, 0.2) is 0 Å². The second-order valence-corrected chi connectivity index (χ2v) is 4.11. The lowest BCUT2D eigenvalue weighted by molar-refractivity contribution is 0.178. The predicted molar refractivity (Wildman–Crippen MR) is 60.6 cm³/mol. The van der Waals surface area contributed by atoms with Gasteiger partial charge in [0.05, 0.1) is 6.10 Å². The van der Waals surface area contributed by atoms with Crippen LogP contribution in [0.15, 0.2) is 30.4 Å². The van der Waals surface area contributed by atoms with Crippen LogP contribution in [0, 0.1) is 6.92 Å². The first-order valence-corrected chi connectivity index (χ1v) is 4.97. The Bertz CT molecular complexity index is 344. The number of aliphatic hydroxyl groups is 1. The summed E-state index contributed by atoms with van der Waals surface area (Å²) in [6.45, 7) is 7.64. The standard InChI is InChI=1S/C12H15ClO/c1-8(2)6-12(14)11-5-4-10(13)7-9(11)3/h4-5,7,12,14H,1,6H2,2-3H3. The Labute approximate surface area is 90.0 Å². The summed E-state index contributed by atoms with van der Waals surface area (Å²) >= 11 is 5.83. The van der Waals surface area contributed by atoms with Gasteiger partial charge in [0.2, 0.25) is 0 Å². The molecule has 0 radical (unpaired) electrons. The molecule has 14 heavy (non-hydrogen) atoms. The average molecular weight is 211 g/mol. The molecule has 1 aromatic carbocycles. The van der Waals surface area contributed by atoms with Crippen LogP contribution in [-0.2, 0) is 0 Å². The minimum atomic E-state index is -0.468. The van der Waals surface area contributed by atoms with Gasteiger partial charge >= 0.3 is 0 Å².